The molecule has 3 nitrogen and oxygen atoms in total. The Labute approximate surface area is 92.8 Å². The summed E-state index contributed by atoms with van der Waals surface area (Å²) in [6, 6.07) is 0. The van der Waals surface area contributed by atoms with Crippen LogP contribution in [0.2, 0.25) is 0 Å². The van der Waals surface area contributed by atoms with Crippen molar-refractivity contribution < 1.29 is 5.11 Å². The minimum absolute atomic E-state index is 0.400. The Morgan fingerprint density at radius 3 is 2.40 bits per heavy atom. The lowest BCUT2D eigenvalue weighted by Gasteiger charge is -2.36. The summed E-state index contributed by atoms with van der Waals surface area (Å²) in [6.07, 6.45) is 5.26. The number of aliphatic hydroxyl groups is 1. The summed E-state index contributed by atoms with van der Waals surface area (Å²) in [5.74, 6) is 1.33. The Morgan fingerprint density at radius 2 is 1.73 bits per heavy atom. The number of nitrogens with zero attached hydrogens (tertiary/aromatic N) is 1. The first-order chi connectivity index (χ1) is 7.40. The standard InChI is InChI=1S/C12H24N2O/c15-10-12-4-2-1-3-11(12)9-14-7-5-13-6-8-14/h11-13,15H,1-10H2/t11-,12-/m0/s1. The van der Waals surface area contributed by atoms with Crippen LogP contribution in [0.15, 0.2) is 0 Å². The van der Waals surface area contributed by atoms with Crippen LogP contribution >= 0.6 is 0 Å². The Kier molecular flexibility index (Phi) is 4.42. The lowest BCUT2D eigenvalue weighted by atomic mass is 9.79. The first kappa shape index (κ1) is 11.4. The number of rotatable bonds is 3. The van der Waals surface area contributed by atoms with E-state index in [0.29, 0.717) is 12.5 Å². The minimum atomic E-state index is 0.400. The van der Waals surface area contributed by atoms with Gasteiger partial charge in [0, 0.05) is 39.3 Å². The SMILES string of the molecule is OC[C@@H]1CCCC[C@H]1CN1CCNCC1. The van der Waals surface area contributed by atoms with Gasteiger partial charge in [-0.15, -0.1) is 0 Å². The molecule has 0 bridgehead atoms. The second kappa shape index (κ2) is 5.83. The van der Waals surface area contributed by atoms with Crippen LogP contribution in [0.4, 0.5) is 0 Å². The fourth-order valence-corrected chi connectivity index (χ4v) is 2.99. The number of piperazine rings is 1. The first-order valence-electron chi connectivity index (χ1n) is 6.44. The zero-order chi connectivity index (χ0) is 10.5. The molecular formula is C12H24N2O. The summed E-state index contributed by atoms with van der Waals surface area (Å²) in [4.78, 5) is 2.56. The maximum absolute atomic E-state index is 9.36. The first-order valence-corrected chi connectivity index (χ1v) is 6.44. The van der Waals surface area contributed by atoms with E-state index in [9.17, 15) is 5.11 Å². The predicted octanol–water partition coefficient (Wildman–Crippen LogP) is 0.690. The number of hydrogen-bond donors (Lipinski definition) is 2. The van der Waals surface area contributed by atoms with Gasteiger partial charge in [0.05, 0.1) is 0 Å². The van der Waals surface area contributed by atoms with E-state index in [2.05, 4.69) is 10.2 Å². The zero-order valence-electron chi connectivity index (χ0n) is 9.62. The second-order valence-electron chi connectivity index (χ2n) is 5.04. The lowest BCUT2D eigenvalue weighted by molar-refractivity contribution is 0.0947. The van der Waals surface area contributed by atoms with Gasteiger partial charge in [-0.25, -0.2) is 0 Å². The van der Waals surface area contributed by atoms with Gasteiger partial charge in [0.1, 0.15) is 0 Å². The van der Waals surface area contributed by atoms with Gasteiger partial charge in [0.2, 0.25) is 0 Å². The molecule has 0 aromatic carbocycles. The Morgan fingerprint density at radius 1 is 1.07 bits per heavy atom. The van der Waals surface area contributed by atoms with Crippen molar-refractivity contribution in [1.82, 2.24) is 10.2 Å². The molecule has 0 unspecified atom stereocenters. The molecule has 2 atom stereocenters. The number of nitrogens with one attached hydrogen (secondary N) is 1. The molecule has 1 aliphatic carbocycles. The minimum Gasteiger partial charge on any atom is -0.396 e. The van der Waals surface area contributed by atoms with Crippen LogP contribution in [0.25, 0.3) is 0 Å². The highest BCUT2D eigenvalue weighted by molar-refractivity contribution is 4.79. The van der Waals surface area contributed by atoms with Crippen LogP contribution in [-0.2, 0) is 0 Å². The zero-order valence-corrected chi connectivity index (χ0v) is 9.62. The molecule has 1 heterocycles. The highest BCUT2D eigenvalue weighted by Gasteiger charge is 2.26. The Hall–Kier alpha value is -0.120. The lowest BCUT2D eigenvalue weighted by Crippen LogP contribution is -2.46. The van der Waals surface area contributed by atoms with E-state index >= 15 is 0 Å². The largest absolute Gasteiger partial charge is 0.396 e. The van der Waals surface area contributed by atoms with Crippen molar-refractivity contribution in [2.45, 2.75) is 25.7 Å². The molecular weight excluding hydrogens is 188 g/mol. The van der Waals surface area contributed by atoms with E-state index in [1.165, 1.54) is 45.3 Å². The van der Waals surface area contributed by atoms with Crippen molar-refractivity contribution in [3.8, 4) is 0 Å². The van der Waals surface area contributed by atoms with Gasteiger partial charge in [-0.2, -0.15) is 0 Å². The van der Waals surface area contributed by atoms with Gasteiger partial charge in [-0.1, -0.05) is 12.8 Å². The molecule has 15 heavy (non-hydrogen) atoms. The molecule has 0 aromatic rings. The summed E-state index contributed by atoms with van der Waals surface area (Å²) in [5, 5.41) is 12.7. The average molecular weight is 212 g/mol. The molecule has 0 radical (unpaired) electrons. The van der Waals surface area contributed by atoms with Crippen molar-refractivity contribution in [2.75, 3.05) is 39.3 Å². The maximum atomic E-state index is 9.36. The van der Waals surface area contributed by atoms with Crippen molar-refractivity contribution in [3.63, 3.8) is 0 Å². The molecule has 0 spiro atoms. The van der Waals surface area contributed by atoms with Crippen molar-refractivity contribution in [3.05, 3.63) is 0 Å². The van der Waals surface area contributed by atoms with E-state index in [-0.39, 0.29) is 0 Å². The third kappa shape index (κ3) is 3.16. The van der Waals surface area contributed by atoms with E-state index in [4.69, 9.17) is 0 Å². The van der Waals surface area contributed by atoms with Crippen LogP contribution in [0.1, 0.15) is 25.7 Å². The van der Waals surface area contributed by atoms with E-state index in [1.54, 1.807) is 0 Å². The molecule has 2 aliphatic rings. The average Bonchev–Trinajstić information content (AvgIpc) is 2.31. The van der Waals surface area contributed by atoms with Crippen molar-refractivity contribution >= 4 is 0 Å². The van der Waals surface area contributed by atoms with Crippen LogP contribution < -0.4 is 5.32 Å². The van der Waals surface area contributed by atoms with Crippen LogP contribution in [0.3, 0.4) is 0 Å². The Balaban J connectivity index is 1.79. The quantitative estimate of drug-likeness (QED) is 0.722. The van der Waals surface area contributed by atoms with E-state index in [1.807, 2.05) is 0 Å². The van der Waals surface area contributed by atoms with Crippen LogP contribution in [0, 0.1) is 11.8 Å². The highest BCUT2D eigenvalue weighted by Crippen LogP contribution is 2.30. The number of aliphatic hydroxyl groups excluding tert-OH is 1. The molecule has 0 aromatic heterocycles. The third-order valence-electron chi connectivity index (χ3n) is 4.00. The fraction of sp³-hybridized carbons (Fsp3) is 1.00. The molecule has 1 saturated carbocycles. The molecule has 1 aliphatic heterocycles. The smallest absolute Gasteiger partial charge is 0.0462 e. The normalized spacial score (nSPS) is 34.2. The molecule has 0 amide bonds. The molecule has 1 saturated heterocycles. The monoisotopic (exact) mass is 212 g/mol. The maximum Gasteiger partial charge on any atom is 0.0462 e. The molecule has 3 heteroatoms. The van der Waals surface area contributed by atoms with Crippen LogP contribution in [-0.4, -0.2) is 49.3 Å². The van der Waals surface area contributed by atoms with Gasteiger partial charge in [-0.05, 0) is 24.7 Å². The van der Waals surface area contributed by atoms with Crippen LogP contribution in [0.5, 0.6) is 0 Å². The summed E-state index contributed by atoms with van der Waals surface area (Å²) in [7, 11) is 0. The van der Waals surface area contributed by atoms with Gasteiger partial charge < -0.3 is 15.3 Å². The fourth-order valence-electron chi connectivity index (χ4n) is 2.99. The summed E-state index contributed by atoms with van der Waals surface area (Å²) in [5.41, 5.74) is 0. The van der Waals surface area contributed by atoms with Gasteiger partial charge in [0.25, 0.3) is 0 Å². The summed E-state index contributed by atoms with van der Waals surface area (Å²) in [6.45, 7) is 6.26. The summed E-state index contributed by atoms with van der Waals surface area (Å²) < 4.78 is 0. The predicted molar refractivity (Wildman–Crippen MR) is 61.8 cm³/mol. The van der Waals surface area contributed by atoms with Crippen molar-refractivity contribution in [2.24, 2.45) is 11.8 Å². The second-order valence-corrected chi connectivity index (χ2v) is 5.04. The van der Waals surface area contributed by atoms with Gasteiger partial charge in [0.15, 0.2) is 0 Å². The molecule has 2 N–H and O–H groups in total. The molecule has 2 fully saturated rings. The molecule has 2 rings (SSSR count). The molecule has 88 valence electrons. The van der Waals surface area contributed by atoms with E-state index < -0.39 is 0 Å². The van der Waals surface area contributed by atoms with Crippen molar-refractivity contribution in [1.29, 1.82) is 0 Å². The van der Waals surface area contributed by atoms with Gasteiger partial charge in [-0.3, -0.25) is 0 Å². The third-order valence-corrected chi connectivity index (χ3v) is 4.00. The Bertz CT molecular complexity index is 180. The van der Waals surface area contributed by atoms with E-state index in [0.717, 1.165) is 19.0 Å². The highest BCUT2D eigenvalue weighted by atomic mass is 16.3. The topological polar surface area (TPSA) is 35.5 Å². The van der Waals surface area contributed by atoms with Gasteiger partial charge >= 0.3 is 0 Å². The summed E-state index contributed by atoms with van der Waals surface area (Å²) >= 11 is 0. The number of hydrogen-bond acceptors (Lipinski definition) is 3.